The molecule has 3 rings (SSSR count). The molecule has 3 aliphatic heterocycles. The average Bonchev–Trinajstić information content (AvgIpc) is 2.79. The molecule has 0 aromatic heterocycles. The Morgan fingerprint density at radius 3 is 1.50 bits per heavy atom. The SMILES string of the molecule is OCCC[Si]1O[SiH2]O[SiH]2O[SiH]3O[SiH2]O[Si](CCCO)O[Si](CCCO)(O3)O[Si](CCCO)(O1)O2. The summed E-state index contributed by atoms with van der Waals surface area (Å²) in [4.78, 5) is 0. The van der Waals surface area contributed by atoms with Gasteiger partial charge in [-0.05, 0) is 37.8 Å². The van der Waals surface area contributed by atoms with Crippen LogP contribution in [0.25, 0.3) is 0 Å². The third kappa shape index (κ3) is 9.18. The lowest BCUT2D eigenvalue weighted by Gasteiger charge is -2.46. The summed E-state index contributed by atoms with van der Waals surface area (Å²) in [7, 11) is -19.4. The van der Waals surface area contributed by atoms with Crippen molar-refractivity contribution in [3.8, 4) is 0 Å². The zero-order valence-electron chi connectivity index (χ0n) is 18.9. The van der Waals surface area contributed by atoms with Gasteiger partial charge in [-0.3, -0.25) is 0 Å². The molecule has 2 radical (unpaired) electrons. The van der Waals surface area contributed by atoms with Crippen LogP contribution in [0.1, 0.15) is 25.7 Å². The molecule has 4 N–H and O–H groups in total. The molecule has 198 valence electrons. The minimum absolute atomic E-state index is 0.000591. The van der Waals surface area contributed by atoms with Gasteiger partial charge in [0.15, 0.2) is 0 Å². The van der Waals surface area contributed by atoms with Crippen LogP contribution in [0.5, 0.6) is 0 Å². The van der Waals surface area contributed by atoms with Crippen molar-refractivity contribution in [1.82, 2.24) is 0 Å². The zero-order chi connectivity index (χ0) is 24.3. The molecule has 3 fully saturated rings. The van der Waals surface area contributed by atoms with E-state index in [9.17, 15) is 20.4 Å². The molecule has 0 aliphatic carbocycles. The second-order valence-corrected chi connectivity index (χ2v) is 25.8. The Labute approximate surface area is 212 Å². The first-order valence-electron chi connectivity index (χ1n) is 11.3. The Kier molecular flexibility index (Phi) is 13.6. The van der Waals surface area contributed by atoms with Crippen LogP contribution >= 0.6 is 0 Å². The third-order valence-corrected chi connectivity index (χ3v) is 28.1. The van der Waals surface area contributed by atoms with Gasteiger partial charge in [-0.25, -0.2) is 0 Å². The lowest BCUT2D eigenvalue weighted by atomic mass is 10.5. The highest BCUT2D eigenvalue weighted by molar-refractivity contribution is 6.87. The van der Waals surface area contributed by atoms with E-state index >= 15 is 0 Å². The molecule has 34 heavy (non-hydrogen) atoms. The van der Waals surface area contributed by atoms with Crippen molar-refractivity contribution in [2.24, 2.45) is 0 Å². The van der Waals surface area contributed by atoms with Gasteiger partial charge in [-0.2, -0.15) is 0 Å². The molecule has 4 atom stereocenters. The maximum atomic E-state index is 9.58. The van der Waals surface area contributed by atoms with Crippen molar-refractivity contribution in [2.45, 2.75) is 49.9 Å². The zero-order valence-corrected chi connectivity index (χ0v) is 28.1. The van der Waals surface area contributed by atoms with Crippen LogP contribution in [-0.4, -0.2) is 122 Å². The second-order valence-electron chi connectivity index (χ2n) is 7.53. The van der Waals surface area contributed by atoms with E-state index in [1.165, 1.54) is 0 Å². The minimum Gasteiger partial charge on any atom is -0.419 e. The van der Waals surface area contributed by atoms with E-state index in [-0.39, 0.29) is 38.5 Å². The number of fused-ring (bicyclic) bond motifs is 4. The van der Waals surface area contributed by atoms with Crippen molar-refractivity contribution >= 4 is 75.2 Å². The van der Waals surface area contributed by atoms with E-state index < -0.39 is 75.2 Å². The summed E-state index contributed by atoms with van der Waals surface area (Å²) in [5.41, 5.74) is 0. The molecule has 0 amide bonds. The first-order chi connectivity index (χ1) is 16.6. The predicted molar refractivity (Wildman–Crippen MR) is 131 cm³/mol. The van der Waals surface area contributed by atoms with Crippen LogP contribution in [-0.2, 0) is 41.2 Å². The van der Waals surface area contributed by atoms with Gasteiger partial charge in [0.1, 0.15) is 0 Å². The summed E-state index contributed by atoms with van der Waals surface area (Å²) < 4.78 is 62.3. The highest BCUT2D eigenvalue weighted by atomic mass is 28.6. The lowest BCUT2D eigenvalue weighted by Crippen LogP contribution is -2.69. The highest BCUT2D eigenvalue weighted by Crippen LogP contribution is 2.34. The highest BCUT2D eigenvalue weighted by Gasteiger charge is 2.61. The van der Waals surface area contributed by atoms with Crippen molar-refractivity contribution in [3.05, 3.63) is 0 Å². The molecule has 0 aromatic rings. The van der Waals surface area contributed by atoms with Gasteiger partial charge in [0.2, 0.25) is 0 Å². The minimum atomic E-state index is -3.60. The summed E-state index contributed by atoms with van der Waals surface area (Å²) in [6.45, 7) is -0.192. The predicted octanol–water partition coefficient (Wildman–Crippen LogP) is -3.99. The lowest BCUT2D eigenvalue weighted by molar-refractivity contribution is 0.0851. The summed E-state index contributed by atoms with van der Waals surface area (Å²) in [5.74, 6) is 0. The molecule has 0 saturated carbocycles. The molecule has 4 unspecified atom stereocenters. The number of hydrogen-bond donors (Lipinski definition) is 4. The maximum Gasteiger partial charge on any atom is 0.477 e. The van der Waals surface area contributed by atoms with Gasteiger partial charge in [0.05, 0.1) is 0 Å². The number of aliphatic hydroxyl groups is 4. The van der Waals surface area contributed by atoms with Crippen molar-refractivity contribution < 1.29 is 61.6 Å². The maximum absolute atomic E-state index is 9.58. The van der Waals surface area contributed by atoms with E-state index in [4.69, 9.17) is 41.2 Å². The smallest absolute Gasteiger partial charge is 0.419 e. The Bertz CT molecular complexity index is 535. The van der Waals surface area contributed by atoms with Gasteiger partial charge < -0.3 is 61.6 Å². The first kappa shape index (κ1) is 29.7. The van der Waals surface area contributed by atoms with Crippen LogP contribution in [0.2, 0.25) is 24.2 Å². The normalized spacial score (nSPS) is 35.3. The van der Waals surface area contributed by atoms with Crippen LogP contribution < -0.4 is 0 Å². The van der Waals surface area contributed by atoms with E-state index in [1.54, 1.807) is 0 Å². The van der Waals surface area contributed by atoms with Gasteiger partial charge in [-0.1, -0.05) is 0 Å². The van der Waals surface area contributed by atoms with Crippen LogP contribution in [0.15, 0.2) is 0 Å². The Morgan fingerprint density at radius 2 is 1.09 bits per heavy atom. The van der Waals surface area contributed by atoms with Crippen LogP contribution in [0.4, 0.5) is 0 Å². The molecule has 4 bridgehead atoms. The molecule has 0 aromatic carbocycles. The Hall–Kier alpha value is 1.18. The van der Waals surface area contributed by atoms with Gasteiger partial charge in [-0.15, -0.1) is 0 Å². The first-order valence-corrected chi connectivity index (χ1v) is 23.3. The van der Waals surface area contributed by atoms with Gasteiger partial charge in [0, 0.05) is 38.5 Å². The Balaban J connectivity index is 1.94. The van der Waals surface area contributed by atoms with Crippen molar-refractivity contribution in [1.29, 1.82) is 0 Å². The summed E-state index contributed by atoms with van der Waals surface area (Å²) in [6.07, 6.45) is 1.71. The van der Waals surface area contributed by atoms with Gasteiger partial charge >= 0.3 is 55.2 Å². The average molecular weight is 627 g/mol. The summed E-state index contributed by atoms with van der Waals surface area (Å²) in [6, 6.07) is 1.58. The fourth-order valence-electron chi connectivity index (χ4n) is 3.28. The fraction of sp³-hybridized carbons (Fsp3) is 1.00. The summed E-state index contributed by atoms with van der Waals surface area (Å²) in [5, 5.41) is 37.7. The molecule has 3 saturated heterocycles. The molecule has 3 heterocycles. The van der Waals surface area contributed by atoms with Crippen LogP contribution in [0.3, 0.4) is 0 Å². The quantitative estimate of drug-likeness (QED) is 0.154. The summed E-state index contributed by atoms with van der Waals surface area (Å²) >= 11 is 0. The molecular weight excluding hydrogens is 593 g/mol. The number of rotatable bonds is 12. The second kappa shape index (κ2) is 15.6. The van der Waals surface area contributed by atoms with E-state index in [1.807, 2.05) is 0 Å². The topological polar surface area (TPSA) is 173 Å². The van der Waals surface area contributed by atoms with Crippen LogP contribution in [0, 0.1) is 0 Å². The van der Waals surface area contributed by atoms with Crippen molar-refractivity contribution in [2.75, 3.05) is 26.4 Å². The monoisotopic (exact) mass is 626 g/mol. The Morgan fingerprint density at radius 1 is 0.647 bits per heavy atom. The third-order valence-electron chi connectivity index (χ3n) is 4.83. The molecular formula is C12H34O14Si8. The number of hydrogen-bond acceptors (Lipinski definition) is 14. The molecule has 0 spiro atoms. The standard InChI is InChI=1S/C12H34O14Si8/c13-5-1-9-29-17-27-19-31-21-32-20-28-18-30(10-2-6-14)23-34(25-32,12-4-8-16)26-33(22-29,24-31)11-3-7-15/h13-16,31-32H,1-12,27-28H2. The molecule has 3 aliphatic rings. The largest absolute Gasteiger partial charge is 0.477 e. The number of aliphatic hydroxyl groups excluding tert-OH is 4. The molecule has 14 nitrogen and oxygen atoms in total. The van der Waals surface area contributed by atoms with Crippen molar-refractivity contribution in [3.63, 3.8) is 0 Å². The van der Waals surface area contributed by atoms with Gasteiger partial charge in [0.25, 0.3) is 20.0 Å². The van der Waals surface area contributed by atoms with E-state index in [0.29, 0.717) is 37.8 Å². The molecule has 22 heteroatoms. The fourth-order valence-corrected chi connectivity index (χ4v) is 31.7. The van der Waals surface area contributed by atoms with E-state index in [2.05, 4.69) is 0 Å². The van der Waals surface area contributed by atoms with E-state index in [0.717, 1.165) is 0 Å².